The van der Waals surface area contributed by atoms with Gasteiger partial charge in [-0.3, -0.25) is 0 Å². The Bertz CT molecular complexity index is 141. The lowest BCUT2D eigenvalue weighted by Gasteiger charge is -2.09. The first-order valence-corrected chi connectivity index (χ1v) is 4.29. The average Bonchev–Trinajstić information content (AvgIpc) is 2.05. The Hall–Kier alpha value is -0.600. The van der Waals surface area contributed by atoms with E-state index in [9.17, 15) is 5.11 Å². The Morgan fingerprint density at radius 2 is 2.08 bits per heavy atom. The molecule has 2 heteroatoms. The van der Waals surface area contributed by atoms with E-state index >= 15 is 0 Å². The summed E-state index contributed by atoms with van der Waals surface area (Å²) in [6, 6.07) is 0. The van der Waals surface area contributed by atoms with E-state index in [1.165, 1.54) is 0 Å². The van der Waals surface area contributed by atoms with Gasteiger partial charge in [0.15, 0.2) is 0 Å². The molecule has 1 atom stereocenters. The smallest absolute Gasteiger partial charge is 0.0580 e. The van der Waals surface area contributed by atoms with Crippen LogP contribution in [0.15, 0.2) is 24.8 Å². The van der Waals surface area contributed by atoms with Crippen LogP contribution in [0.1, 0.15) is 25.7 Å². The molecule has 1 unspecified atom stereocenters. The van der Waals surface area contributed by atoms with Crippen molar-refractivity contribution in [2.75, 3.05) is 6.61 Å². The van der Waals surface area contributed by atoms with E-state index in [0.29, 0.717) is 6.42 Å². The van der Waals surface area contributed by atoms with Crippen LogP contribution in [0.4, 0.5) is 0 Å². The lowest BCUT2D eigenvalue weighted by atomic mass is 10.0. The van der Waals surface area contributed by atoms with Crippen molar-refractivity contribution >= 4 is 0 Å². The van der Waals surface area contributed by atoms with E-state index in [4.69, 9.17) is 5.11 Å². The first-order valence-electron chi connectivity index (χ1n) is 4.29. The summed E-state index contributed by atoms with van der Waals surface area (Å²) in [7, 11) is 0. The fourth-order valence-electron chi connectivity index (χ4n) is 0.980. The molecular weight excluding hydrogens is 152 g/mol. The number of hydrogen-bond donors (Lipinski definition) is 2. The molecule has 0 rings (SSSR count). The molecule has 0 spiro atoms. The van der Waals surface area contributed by atoms with Crippen LogP contribution < -0.4 is 0 Å². The fraction of sp³-hybridized carbons (Fsp3) is 0.600. The predicted octanol–water partition coefficient (Wildman–Crippen LogP) is 1.64. The second kappa shape index (κ2) is 7.07. The first kappa shape index (κ1) is 11.4. The topological polar surface area (TPSA) is 40.5 Å². The van der Waals surface area contributed by atoms with Gasteiger partial charge in [-0.1, -0.05) is 24.8 Å². The van der Waals surface area contributed by atoms with Crippen LogP contribution in [0.3, 0.4) is 0 Å². The maximum absolute atomic E-state index is 9.39. The van der Waals surface area contributed by atoms with Gasteiger partial charge >= 0.3 is 0 Å². The first-order chi connectivity index (χ1) is 5.70. The third kappa shape index (κ3) is 6.13. The van der Waals surface area contributed by atoms with Crippen LogP contribution in [0.25, 0.3) is 0 Å². The van der Waals surface area contributed by atoms with Gasteiger partial charge in [-0.2, -0.15) is 0 Å². The second-order valence-corrected chi connectivity index (χ2v) is 2.94. The third-order valence-corrected chi connectivity index (χ3v) is 1.73. The molecule has 0 radical (unpaired) electrons. The van der Waals surface area contributed by atoms with Crippen LogP contribution >= 0.6 is 0 Å². The van der Waals surface area contributed by atoms with E-state index in [0.717, 1.165) is 24.8 Å². The molecule has 0 bridgehead atoms. The van der Waals surface area contributed by atoms with Gasteiger partial charge in [0.05, 0.1) is 6.10 Å². The highest BCUT2D eigenvalue weighted by atomic mass is 16.3. The van der Waals surface area contributed by atoms with Gasteiger partial charge in [-0.15, -0.1) is 0 Å². The van der Waals surface area contributed by atoms with Crippen molar-refractivity contribution in [2.45, 2.75) is 31.8 Å². The molecule has 0 aromatic rings. The van der Waals surface area contributed by atoms with Crippen LogP contribution in [-0.4, -0.2) is 22.9 Å². The summed E-state index contributed by atoms with van der Waals surface area (Å²) in [5.74, 6) is 0. The van der Waals surface area contributed by atoms with Gasteiger partial charge in [0.25, 0.3) is 0 Å². The van der Waals surface area contributed by atoms with Gasteiger partial charge in [0.2, 0.25) is 0 Å². The van der Waals surface area contributed by atoms with Gasteiger partial charge in [-0.25, -0.2) is 0 Å². The van der Waals surface area contributed by atoms with Gasteiger partial charge in [0, 0.05) is 6.61 Å². The van der Waals surface area contributed by atoms with E-state index in [1.807, 2.05) is 0 Å². The maximum atomic E-state index is 9.39. The molecule has 0 aromatic heterocycles. The molecule has 0 aliphatic rings. The summed E-state index contributed by atoms with van der Waals surface area (Å²) < 4.78 is 0. The van der Waals surface area contributed by atoms with Crippen molar-refractivity contribution in [2.24, 2.45) is 0 Å². The van der Waals surface area contributed by atoms with Crippen molar-refractivity contribution in [3.05, 3.63) is 24.8 Å². The zero-order valence-corrected chi connectivity index (χ0v) is 7.50. The Morgan fingerprint density at radius 1 is 1.42 bits per heavy atom. The zero-order valence-electron chi connectivity index (χ0n) is 7.50. The maximum Gasteiger partial charge on any atom is 0.0580 e. The number of aliphatic hydroxyl groups excluding tert-OH is 2. The van der Waals surface area contributed by atoms with Crippen LogP contribution in [0.2, 0.25) is 0 Å². The SMILES string of the molecule is C=CC(=C)CC(O)CCCCO. The van der Waals surface area contributed by atoms with Crippen molar-refractivity contribution in [3.8, 4) is 0 Å². The molecule has 70 valence electrons. The monoisotopic (exact) mass is 170 g/mol. The molecule has 0 saturated carbocycles. The molecule has 2 nitrogen and oxygen atoms in total. The normalized spacial score (nSPS) is 12.5. The summed E-state index contributed by atoms with van der Waals surface area (Å²) >= 11 is 0. The van der Waals surface area contributed by atoms with Crippen LogP contribution in [-0.2, 0) is 0 Å². The Morgan fingerprint density at radius 3 is 2.58 bits per heavy atom. The minimum absolute atomic E-state index is 0.203. The third-order valence-electron chi connectivity index (χ3n) is 1.73. The molecule has 0 aliphatic heterocycles. The lowest BCUT2D eigenvalue weighted by molar-refractivity contribution is 0.158. The lowest BCUT2D eigenvalue weighted by Crippen LogP contribution is -2.06. The molecule has 0 aromatic carbocycles. The summed E-state index contributed by atoms with van der Waals surface area (Å²) in [5.41, 5.74) is 0.867. The highest BCUT2D eigenvalue weighted by molar-refractivity contribution is 5.11. The average molecular weight is 170 g/mol. The zero-order chi connectivity index (χ0) is 9.40. The molecule has 0 aliphatic carbocycles. The van der Waals surface area contributed by atoms with Crippen molar-refractivity contribution in [1.82, 2.24) is 0 Å². The quantitative estimate of drug-likeness (QED) is 0.450. The minimum Gasteiger partial charge on any atom is -0.396 e. The van der Waals surface area contributed by atoms with Gasteiger partial charge in [-0.05, 0) is 25.7 Å². The van der Waals surface area contributed by atoms with E-state index in [1.54, 1.807) is 6.08 Å². The van der Waals surface area contributed by atoms with Gasteiger partial charge in [0.1, 0.15) is 0 Å². The fourth-order valence-corrected chi connectivity index (χ4v) is 0.980. The Labute approximate surface area is 74.2 Å². The largest absolute Gasteiger partial charge is 0.396 e. The molecule has 2 N–H and O–H groups in total. The number of unbranched alkanes of at least 4 members (excludes halogenated alkanes) is 1. The number of hydrogen-bond acceptors (Lipinski definition) is 2. The molecule has 12 heavy (non-hydrogen) atoms. The summed E-state index contributed by atoms with van der Waals surface area (Å²) in [4.78, 5) is 0. The van der Waals surface area contributed by atoms with Crippen molar-refractivity contribution < 1.29 is 10.2 Å². The van der Waals surface area contributed by atoms with Crippen LogP contribution in [0.5, 0.6) is 0 Å². The highest BCUT2D eigenvalue weighted by Crippen LogP contribution is 2.09. The summed E-state index contributed by atoms with van der Waals surface area (Å²) in [6.07, 6.45) is 4.28. The van der Waals surface area contributed by atoms with Crippen molar-refractivity contribution in [3.63, 3.8) is 0 Å². The van der Waals surface area contributed by atoms with E-state index in [2.05, 4.69) is 13.2 Å². The molecule has 0 heterocycles. The number of aliphatic hydroxyl groups is 2. The number of rotatable bonds is 7. The Balaban J connectivity index is 3.38. The Kier molecular flexibility index (Phi) is 6.72. The standard InChI is InChI=1S/C10H18O2/c1-3-9(2)8-10(12)6-4-5-7-11/h3,10-12H,1-2,4-8H2. The summed E-state index contributed by atoms with van der Waals surface area (Å²) in [5, 5.41) is 17.9. The predicted molar refractivity (Wildman–Crippen MR) is 50.9 cm³/mol. The molecular formula is C10H18O2. The van der Waals surface area contributed by atoms with Crippen LogP contribution in [0, 0.1) is 0 Å². The second-order valence-electron chi connectivity index (χ2n) is 2.94. The van der Waals surface area contributed by atoms with Crippen molar-refractivity contribution in [1.29, 1.82) is 0 Å². The minimum atomic E-state index is -0.331. The summed E-state index contributed by atoms with van der Waals surface area (Å²) in [6.45, 7) is 7.48. The van der Waals surface area contributed by atoms with E-state index < -0.39 is 0 Å². The van der Waals surface area contributed by atoms with Gasteiger partial charge < -0.3 is 10.2 Å². The molecule has 0 fully saturated rings. The van der Waals surface area contributed by atoms with E-state index in [-0.39, 0.29) is 12.7 Å². The highest BCUT2D eigenvalue weighted by Gasteiger charge is 2.03. The molecule has 0 amide bonds. The number of allylic oxidation sites excluding steroid dienone is 1. The molecule has 0 saturated heterocycles.